The van der Waals surface area contributed by atoms with Crippen LogP contribution < -0.4 is 4.74 Å². The van der Waals surface area contributed by atoms with Crippen molar-refractivity contribution >= 4 is 23.2 Å². The fourth-order valence-electron chi connectivity index (χ4n) is 4.19. The van der Waals surface area contributed by atoms with Gasteiger partial charge in [-0.15, -0.1) is 17.9 Å². The van der Waals surface area contributed by atoms with Crippen molar-refractivity contribution in [2.24, 2.45) is 0 Å². The van der Waals surface area contributed by atoms with Crippen LogP contribution in [-0.2, 0) is 11.2 Å². The number of thiophene rings is 1. The molecule has 6 nitrogen and oxygen atoms in total. The molecule has 0 aliphatic carbocycles. The number of rotatable bonds is 8. The van der Waals surface area contributed by atoms with Crippen molar-refractivity contribution in [3.05, 3.63) is 88.0 Å². The summed E-state index contributed by atoms with van der Waals surface area (Å²) >= 11 is 1.71. The molecule has 0 spiro atoms. The molecule has 0 N–H and O–H groups in total. The molecular weight excluding hydrogens is 436 g/mol. The van der Waals surface area contributed by atoms with Crippen LogP contribution in [0.2, 0.25) is 0 Å². The van der Waals surface area contributed by atoms with Gasteiger partial charge in [0.15, 0.2) is 5.76 Å². The van der Waals surface area contributed by atoms with Gasteiger partial charge in [-0.05, 0) is 61.0 Å². The number of carbonyl (C=O) groups excluding carboxylic acids is 2. The summed E-state index contributed by atoms with van der Waals surface area (Å²) < 4.78 is 11.4. The summed E-state index contributed by atoms with van der Waals surface area (Å²) in [4.78, 5) is 30.8. The summed E-state index contributed by atoms with van der Waals surface area (Å²) in [6.45, 7) is 8.95. The van der Waals surface area contributed by atoms with Gasteiger partial charge in [0.2, 0.25) is 5.91 Å². The van der Waals surface area contributed by atoms with Crippen molar-refractivity contribution in [2.75, 3.05) is 26.2 Å². The Hall–Kier alpha value is -3.32. The van der Waals surface area contributed by atoms with Gasteiger partial charge >= 0.3 is 0 Å². The average molecular weight is 465 g/mol. The van der Waals surface area contributed by atoms with Crippen LogP contribution in [0, 0.1) is 13.8 Å². The van der Waals surface area contributed by atoms with E-state index in [4.69, 9.17) is 9.15 Å². The molecule has 1 atom stereocenters. The van der Waals surface area contributed by atoms with Crippen molar-refractivity contribution in [3.8, 4) is 5.75 Å². The highest BCUT2D eigenvalue weighted by Crippen LogP contribution is 2.34. The van der Waals surface area contributed by atoms with E-state index in [1.165, 1.54) is 21.6 Å². The quantitative estimate of drug-likeness (QED) is 0.450. The lowest BCUT2D eigenvalue weighted by Gasteiger charge is -2.37. The van der Waals surface area contributed by atoms with Crippen molar-refractivity contribution in [3.63, 3.8) is 0 Å². The molecule has 2 aromatic heterocycles. The molecule has 0 saturated heterocycles. The zero-order valence-corrected chi connectivity index (χ0v) is 19.8. The molecular formula is C26H28N2O4S. The molecule has 0 unspecified atom stereocenters. The largest absolute Gasteiger partial charge is 0.491 e. The number of nitrogens with zero attached hydrogens (tertiary/aromatic N) is 2. The van der Waals surface area contributed by atoms with Gasteiger partial charge < -0.3 is 19.0 Å². The minimum absolute atomic E-state index is 0.0505. The Bertz CT molecular complexity index is 1140. The van der Waals surface area contributed by atoms with E-state index in [2.05, 4.69) is 31.0 Å². The number of furan rings is 1. The van der Waals surface area contributed by atoms with Gasteiger partial charge in [-0.3, -0.25) is 9.59 Å². The molecule has 172 valence electrons. The van der Waals surface area contributed by atoms with Crippen LogP contribution in [0.5, 0.6) is 5.75 Å². The van der Waals surface area contributed by atoms with Crippen LogP contribution in [-0.4, -0.2) is 47.9 Å². The van der Waals surface area contributed by atoms with Gasteiger partial charge in [-0.1, -0.05) is 23.8 Å². The van der Waals surface area contributed by atoms with Gasteiger partial charge in [0.25, 0.3) is 5.91 Å². The van der Waals surface area contributed by atoms with Gasteiger partial charge in [0, 0.05) is 18.0 Å². The zero-order valence-electron chi connectivity index (χ0n) is 19.0. The summed E-state index contributed by atoms with van der Waals surface area (Å²) in [5.74, 6) is 0.571. The molecule has 0 saturated carbocycles. The van der Waals surface area contributed by atoms with E-state index >= 15 is 0 Å². The summed E-state index contributed by atoms with van der Waals surface area (Å²) in [5, 5.41) is 2.06. The number of fused-ring (bicyclic) bond motifs is 1. The summed E-state index contributed by atoms with van der Waals surface area (Å²) in [5.41, 5.74) is 3.37. The van der Waals surface area contributed by atoms with E-state index < -0.39 is 0 Å². The molecule has 2 amide bonds. The second-order valence-corrected chi connectivity index (χ2v) is 9.18. The second kappa shape index (κ2) is 10.1. The molecule has 33 heavy (non-hydrogen) atoms. The van der Waals surface area contributed by atoms with Gasteiger partial charge in [0.1, 0.15) is 18.9 Å². The number of aryl methyl sites for hydroxylation is 2. The van der Waals surface area contributed by atoms with Gasteiger partial charge in [-0.2, -0.15) is 0 Å². The Morgan fingerprint density at radius 3 is 2.88 bits per heavy atom. The minimum atomic E-state index is -0.329. The standard InChI is InChI=1S/C26H28N2O4S/c1-4-11-27(26(30)23-6-5-13-31-23)16-25(29)28-12-9-24-20(10-14-33-24)21(28)17-32-22-8-7-18(2)15-19(22)3/h4-8,10,13-15,21H,1,9,11-12,16-17H2,2-3H3/t21-/m0/s1. The van der Waals surface area contributed by atoms with Gasteiger partial charge in [-0.25, -0.2) is 0 Å². The van der Waals surface area contributed by atoms with Crippen LogP contribution >= 0.6 is 11.3 Å². The monoisotopic (exact) mass is 464 g/mol. The first-order valence-electron chi connectivity index (χ1n) is 11.0. The number of carbonyl (C=O) groups is 2. The SMILES string of the molecule is C=CCN(CC(=O)N1CCc2sccc2[C@@H]1COc1ccc(C)cc1C)C(=O)c1ccco1. The lowest BCUT2D eigenvalue weighted by atomic mass is 10.00. The summed E-state index contributed by atoms with van der Waals surface area (Å²) in [6.07, 6.45) is 3.86. The highest BCUT2D eigenvalue weighted by atomic mass is 32.1. The van der Waals surface area contributed by atoms with Gasteiger partial charge in [0.05, 0.1) is 12.3 Å². The molecule has 0 bridgehead atoms. The molecule has 3 heterocycles. The Morgan fingerprint density at radius 2 is 2.15 bits per heavy atom. The smallest absolute Gasteiger partial charge is 0.290 e. The first kappa shape index (κ1) is 22.9. The number of amides is 2. The lowest BCUT2D eigenvalue weighted by Crippen LogP contribution is -2.47. The molecule has 3 aromatic rings. The van der Waals surface area contributed by atoms with Crippen LogP contribution in [0.4, 0.5) is 0 Å². The number of hydrogen-bond donors (Lipinski definition) is 0. The fourth-order valence-corrected chi connectivity index (χ4v) is 5.12. The van der Waals surface area contributed by atoms with Crippen molar-refractivity contribution in [1.82, 2.24) is 9.80 Å². The fraction of sp³-hybridized carbons (Fsp3) is 0.308. The Morgan fingerprint density at radius 1 is 1.30 bits per heavy atom. The van der Waals surface area contributed by atoms with E-state index in [0.29, 0.717) is 13.2 Å². The predicted octanol–water partition coefficient (Wildman–Crippen LogP) is 4.79. The predicted molar refractivity (Wildman–Crippen MR) is 129 cm³/mol. The van der Waals surface area contributed by atoms with E-state index in [1.807, 2.05) is 24.0 Å². The third-order valence-corrected chi connectivity index (χ3v) is 6.83. The third-order valence-electron chi connectivity index (χ3n) is 5.84. The Kier molecular flexibility index (Phi) is 6.99. The molecule has 1 aliphatic rings. The Labute approximate surface area is 198 Å². The summed E-state index contributed by atoms with van der Waals surface area (Å²) in [7, 11) is 0. The summed E-state index contributed by atoms with van der Waals surface area (Å²) in [6, 6.07) is 11.2. The van der Waals surface area contributed by atoms with Crippen LogP contribution in [0.1, 0.15) is 38.2 Å². The normalized spacial score (nSPS) is 15.1. The first-order valence-corrected chi connectivity index (χ1v) is 11.9. The molecule has 0 fully saturated rings. The van der Waals surface area contributed by atoms with Crippen molar-refractivity contribution < 1.29 is 18.7 Å². The molecule has 1 aliphatic heterocycles. The van der Waals surface area contributed by atoms with Crippen LogP contribution in [0.25, 0.3) is 0 Å². The number of benzene rings is 1. The molecule has 1 aromatic carbocycles. The van der Waals surface area contributed by atoms with Crippen LogP contribution in [0.15, 0.2) is 65.1 Å². The highest BCUT2D eigenvalue weighted by molar-refractivity contribution is 7.10. The molecule has 4 rings (SSSR count). The van der Waals surface area contributed by atoms with E-state index in [9.17, 15) is 9.59 Å². The van der Waals surface area contributed by atoms with E-state index in [1.54, 1.807) is 29.5 Å². The number of hydrogen-bond acceptors (Lipinski definition) is 5. The Balaban J connectivity index is 1.53. The van der Waals surface area contributed by atoms with Crippen molar-refractivity contribution in [2.45, 2.75) is 26.3 Å². The average Bonchev–Trinajstić information content (AvgIpc) is 3.49. The minimum Gasteiger partial charge on any atom is -0.491 e. The maximum Gasteiger partial charge on any atom is 0.290 e. The second-order valence-electron chi connectivity index (χ2n) is 8.18. The lowest BCUT2D eigenvalue weighted by molar-refractivity contribution is -0.135. The maximum atomic E-state index is 13.4. The highest BCUT2D eigenvalue weighted by Gasteiger charge is 2.33. The zero-order chi connectivity index (χ0) is 23.4. The van der Waals surface area contributed by atoms with Crippen molar-refractivity contribution in [1.29, 1.82) is 0 Å². The van der Waals surface area contributed by atoms with E-state index in [-0.39, 0.29) is 36.7 Å². The molecule has 7 heteroatoms. The molecule has 0 radical (unpaired) electrons. The third kappa shape index (κ3) is 5.03. The van der Waals surface area contributed by atoms with E-state index in [0.717, 1.165) is 23.3 Å². The number of ether oxygens (including phenoxy) is 1. The topological polar surface area (TPSA) is 63.0 Å². The maximum absolute atomic E-state index is 13.4. The first-order chi connectivity index (χ1) is 16.0. The van der Waals surface area contributed by atoms with Crippen LogP contribution in [0.3, 0.4) is 0 Å².